The molecule has 2 aliphatic heterocycles. The molecule has 7 heteroatoms. The maximum absolute atomic E-state index is 12.5. The van der Waals surface area contributed by atoms with E-state index in [1.54, 1.807) is 23.8 Å². The lowest BCUT2D eigenvalue weighted by Gasteiger charge is -2.41. The van der Waals surface area contributed by atoms with E-state index in [1.165, 1.54) is 0 Å². The Morgan fingerprint density at radius 1 is 1.35 bits per heavy atom. The normalized spacial score (nSPS) is 28.1. The fraction of sp³-hybridized carbons (Fsp3) is 0.500. The molecular weight excluding hydrogens is 382 g/mol. The van der Waals surface area contributed by atoms with Gasteiger partial charge in [-0.25, -0.2) is 4.79 Å². The number of ether oxygens (including phenoxy) is 2. The van der Waals surface area contributed by atoms with Crippen molar-refractivity contribution in [2.75, 3.05) is 7.11 Å². The molecule has 0 aliphatic carbocycles. The Labute approximate surface area is 147 Å². The summed E-state index contributed by atoms with van der Waals surface area (Å²) in [6, 6.07) is 6.81. The number of fused-ring (bicyclic) bond motifs is 1. The van der Waals surface area contributed by atoms with E-state index in [0.717, 1.165) is 11.3 Å². The molecule has 1 unspecified atom stereocenters. The van der Waals surface area contributed by atoms with Gasteiger partial charge in [0.2, 0.25) is 5.91 Å². The quantitative estimate of drug-likeness (QED) is 0.442. The van der Waals surface area contributed by atoms with E-state index in [1.807, 2.05) is 38.1 Å². The number of halogens is 1. The molecule has 5 nitrogen and oxygen atoms in total. The van der Waals surface area contributed by atoms with Crippen molar-refractivity contribution in [1.29, 1.82) is 0 Å². The zero-order chi connectivity index (χ0) is 16.8. The predicted octanol–water partition coefficient (Wildman–Crippen LogP) is 2.56. The highest BCUT2D eigenvalue weighted by Crippen LogP contribution is 2.52. The van der Waals surface area contributed by atoms with Crippen LogP contribution < -0.4 is 4.74 Å². The zero-order valence-electron chi connectivity index (χ0n) is 13.1. The molecule has 3 rings (SSSR count). The third kappa shape index (κ3) is 2.85. The largest absolute Gasteiger partial charge is 0.497 e. The topological polar surface area (TPSA) is 55.8 Å². The summed E-state index contributed by atoms with van der Waals surface area (Å²) in [4.78, 5) is 26.0. The number of β-lactam (4-membered cyclic amide) rings is 1. The smallest absolute Gasteiger partial charge is 0.330 e. The van der Waals surface area contributed by atoms with E-state index in [0.29, 0.717) is 0 Å². The number of methoxy groups -OCH3 is 1. The van der Waals surface area contributed by atoms with Crippen LogP contribution in [0.25, 0.3) is 0 Å². The molecular formula is C16H18BrNO4S. The van der Waals surface area contributed by atoms with E-state index in [2.05, 4.69) is 15.9 Å². The lowest BCUT2D eigenvalue weighted by atomic mass is 9.98. The fourth-order valence-corrected chi connectivity index (χ4v) is 5.25. The maximum Gasteiger partial charge on any atom is 0.330 e. The summed E-state index contributed by atoms with van der Waals surface area (Å²) in [6.45, 7) is 4.13. The van der Waals surface area contributed by atoms with Gasteiger partial charge in [-0.3, -0.25) is 4.79 Å². The number of amides is 1. The Kier molecular flexibility index (Phi) is 4.35. The van der Waals surface area contributed by atoms with Gasteiger partial charge in [-0.05, 0) is 31.5 Å². The van der Waals surface area contributed by atoms with Gasteiger partial charge in [0.1, 0.15) is 28.6 Å². The molecule has 1 aromatic rings. The van der Waals surface area contributed by atoms with Crippen molar-refractivity contribution in [2.45, 2.75) is 41.4 Å². The van der Waals surface area contributed by atoms with Crippen molar-refractivity contribution in [3.8, 4) is 5.75 Å². The standard InChI is InChI=1S/C16H18BrNO4S/c1-16(2)12(18-13(19)11(17)14(18)23-16)15(20)22-8-9-4-6-10(21-3)7-5-9/h4-7,11-12,14H,8H2,1-3H3/t11?,12-,14+/m0/s1. The molecule has 1 amide bonds. The van der Waals surface area contributed by atoms with Crippen molar-refractivity contribution >= 4 is 39.6 Å². The second kappa shape index (κ2) is 6.02. The number of thioether (sulfide) groups is 1. The third-order valence-electron chi connectivity index (χ3n) is 4.14. The number of hydrogen-bond donors (Lipinski definition) is 0. The lowest BCUT2D eigenvalue weighted by molar-refractivity contribution is -0.161. The molecule has 1 aromatic carbocycles. The summed E-state index contributed by atoms with van der Waals surface area (Å²) in [5, 5.41) is 0.0102. The van der Waals surface area contributed by atoms with Gasteiger partial charge in [-0.2, -0.15) is 0 Å². The Hall–Kier alpha value is -1.21. The summed E-state index contributed by atoms with van der Waals surface area (Å²) in [5.41, 5.74) is 0.882. The number of rotatable bonds is 4. The molecule has 0 aromatic heterocycles. The van der Waals surface area contributed by atoms with Gasteiger partial charge >= 0.3 is 5.97 Å². The van der Waals surface area contributed by atoms with Crippen LogP contribution in [0.3, 0.4) is 0 Å². The average Bonchev–Trinajstić information content (AvgIpc) is 2.81. The molecule has 23 heavy (non-hydrogen) atoms. The fourth-order valence-electron chi connectivity index (χ4n) is 2.90. The number of alkyl halides is 1. The summed E-state index contributed by atoms with van der Waals surface area (Å²) >= 11 is 5.01. The highest BCUT2D eigenvalue weighted by atomic mass is 79.9. The van der Waals surface area contributed by atoms with Crippen molar-refractivity contribution in [2.24, 2.45) is 0 Å². The van der Waals surface area contributed by atoms with E-state index >= 15 is 0 Å². The summed E-state index contributed by atoms with van der Waals surface area (Å²) in [7, 11) is 1.60. The highest BCUT2D eigenvalue weighted by Gasteiger charge is 2.63. The average molecular weight is 400 g/mol. The Morgan fingerprint density at radius 2 is 2.00 bits per heavy atom. The van der Waals surface area contributed by atoms with E-state index < -0.39 is 6.04 Å². The van der Waals surface area contributed by atoms with Crippen LogP contribution in [0.4, 0.5) is 0 Å². The molecule has 0 bridgehead atoms. The zero-order valence-corrected chi connectivity index (χ0v) is 15.5. The van der Waals surface area contributed by atoms with Gasteiger partial charge in [0.15, 0.2) is 0 Å². The molecule has 0 N–H and O–H groups in total. The number of carbonyl (C=O) groups excluding carboxylic acids is 2. The number of hydrogen-bond acceptors (Lipinski definition) is 5. The van der Waals surface area contributed by atoms with Crippen LogP contribution >= 0.6 is 27.7 Å². The Morgan fingerprint density at radius 3 is 2.61 bits per heavy atom. The number of esters is 1. The third-order valence-corrected chi connectivity index (χ3v) is 6.95. The first kappa shape index (κ1) is 16.6. The van der Waals surface area contributed by atoms with Crippen LogP contribution in [0.1, 0.15) is 19.4 Å². The Balaban J connectivity index is 1.66. The van der Waals surface area contributed by atoms with Gasteiger partial charge in [-0.1, -0.05) is 28.1 Å². The molecule has 2 saturated heterocycles. The van der Waals surface area contributed by atoms with E-state index in [-0.39, 0.29) is 33.4 Å². The van der Waals surface area contributed by atoms with Crippen LogP contribution in [0.5, 0.6) is 5.75 Å². The first-order chi connectivity index (χ1) is 10.8. The SMILES string of the molecule is COc1ccc(COC(=O)[C@@H]2N3C(=O)C(Br)[C@H]3SC2(C)C)cc1. The highest BCUT2D eigenvalue weighted by molar-refractivity contribution is 9.10. The molecule has 0 radical (unpaired) electrons. The monoisotopic (exact) mass is 399 g/mol. The number of benzene rings is 1. The van der Waals surface area contributed by atoms with Crippen LogP contribution in [0.2, 0.25) is 0 Å². The lowest BCUT2D eigenvalue weighted by Crippen LogP contribution is -2.63. The predicted molar refractivity (Wildman–Crippen MR) is 91.6 cm³/mol. The Bertz CT molecular complexity index is 633. The molecule has 3 atom stereocenters. The molecule has 2 aliphatic rings. The second-order valence-electron chi connectivity index (χ2n) is 6.12. The summed E-state index contributed by atoms with van der Waals surface area (Å²) in [5.74, 6) is 0.360. The molecule has 2 fully saturated rings. The van der Waals surface area contributed by atoms with Crippen LogP contribution in [-0.4, -0.2) is 44.9 Å². The number of carbonyl (C=O) groups is 2. The van der Waals surface area contributed by atoms with Crippen molar-refractivity contribution in [3.63, 3.8) is 0 Å². The van der Waals surface area contributed by atoms with Crippen LogP contribution in [0, 0.1) is 0 Å². The summed E-state index contributed by atoms with van der Waals surface area (Å²) in [6.07, 6.45) is 0. The van der Waals surface area contributed by atoms with Gasteiger partial charge in [-0.15, -0.1) is 11.8 Å². The first-order valence-electron chi connectivity index (χ1n) is 7.29. The van der Waals surface area contributed by atoms with E-state index in [4.69, 9.17) is 9.47 Å². The van der Waals surface area contributed by atoms with Crippen LogP contribution in [-0.2, 0) is 20.9 Å². The maximum atomic E-state index is 12.5. The summed E-state index contributed by atoms with van der Waals surface area (Å²) < 4.78 is 10.2. The number of nitrogens with zero attached hydrogens (tertiary/aromatic N) is 1. The van der Waals surface area contributed by atoms with Crippen molar-refractivity contribution in [1.82, 2.24) is 4.90 Å². The van der Waals surface area contributed by atoms with Gasteiger partial charge in [0.25, 0.3) is 0 Å². The van der Waals surface area contributed by atoms with Gasteiger partial charge in [0, 0.05) is 4.75 Å². The molecule has 0 spiro atoms. The van der Waals surface area contributed by atoms with Crippen LogP contribution in [0.15, 0.2) is 24.3 Å². The van der Waals surface area contributed by atoms with Gasteiger partial charge < -0.3 is 14.4 Å². The molecule has 0 saturated carbocycles. The van der Waals surface area contributed by atoms with Gasteiger partial charge in [0.05, 0.1) is 7.11 Å². The first-order valence-corrected chi connectivity index (χ1v) is 9.08. The second-order valence-corrected chi connectivity index (χ2v) is 8.87. The van der Waals surface area contributed by atoms with Crippen molar-refractivity contribution in [3.05, 3.63) is 29.8 Å². The minimum atomic E-state index is -0.544. The van der Waals surface area contributed by atoms with E-state index in [9.17, 15) is 9.59 Å². The molecule has 124 valence electrons. The minimum absolute atomic E-state index is 0.0102. The molecule has 2 heterocycles. The van der Waals surface area contributed by atoms with Crippen molar-refractivity contribution < 1.29 is 19.1 Å². The minimum Gasteiger partial charge on any atom is -0.497 e.